The van der Waals surface area contributed by atoms with Crippen LogP contribution in [0.5, 0.6) is 0 Å². The van der Waals surface area contributed by atoms with E-state index in [-0.39, 0.29) is 6.04 Å². The van der Waals surface area contributed by atoms with Crippen LogP contribution in [0.2, 0.25) is 0 Å². The van der Waals surface area contributed by atoms with E-state index >= 15 is 0 Å². The SMILES string of the molecule is CC(C)(C)c1nn(Cc2ccccc2)cc1S(=O)(=O)N1CCN(C(c2ccccc2)c2ccccc2)CC1. The van der Waals surface area contributed by atoms with Crippen molar-refractivity contribution in [2.75, 3.05) is 26.2 Å². The summed E-state index contributed by atoms with van der Waals surface area (Å²) in [5, 5.41) is 4.76. The van der Waals surface area contributed by atoms with Gasteiger partial charge in [0.1, 0.15) is 4.90 Å². The molecular formula is C31H36N4O2S. The fourth-order valence-electron chi connectivity index (χ4n) is 5.19. The Morgan fingerprint density at radius 1 is 0.763 bits per heavy atom. The highest BCUT2D eigenvalue weighted by Gasteiger charge is 2.37. The average Bonchev–Trinajstić information content (AvgIpc) is 3.37. The van der Waals surface area contributed by atoms with Gasteiger partial charge in [-0.25, -0.2) is 8.42 Å². The van der Waals surface area contributed by atoms with Gasteiger partial charge in [-0.1, -0.05) is 112 Å². The van der Waals surface area contributed by atoms with Crippen LogP contribution < -0.4 is 0 Å². The van der Waals surface area contributed by atoms with Crippen molar-refractivity contribution in [3.05, 3.63) is 120 Å². The van der Waals surface area contributed by atoms with Crippen LogP contribution in [0, 0.1) is 0 Å². The van der Waals surface area contributed by atoms with Gasteiger partial charge in [0.05, 0.1) is 18.3 Å². The predicted octanol–water partition coefficient (Wildman–Crippen LogP) is 5.32. The van der Waals surface area contributed by atoms with Gasteiger partial charge in [-0.05, 0) is 16.7 Å². The highest BCUT2D eigenvalue weighted by atomic mass is 32.2. The van der Waals surface area contributed by atoms with Gasteiger partial charge in [0, 0.05) is 37.8 Å². The monoisotopic (exact) mass is 528 g/mol. The van der Waals surface area contributed by atoms with E-state index in [9.17, 15) is 8.42 Å². The maximum absolute atomic E-state index is 14.0. The van der Waals surface area contributed by atoms with Crippen molar-refractivity contribution in [1.82, 2.24) is 19.0 Å². The largest absolute Gasteiger partial charge is 0.290 e. The van der Waals surface area contributed by atoms with Crippen LogP contribution in [0.25, 0.3) is 0 Å². The van der Waals surface area contributed by atoms with Gasteiger partial charge in [-0.2, -0.15) is 9.40 Å². The third kappa shape index (κ3) is 5.60. The number of rotatable bonds is 7. The quantitative estimate of drug-likeness (QED) is 0.326. The van der Waals surface area contributed by atoms with Crippen molar-refractivity contribution in [3.63, 3.8) is 0 Å². The molecule has 4 aromatic rings. The Morgan fingerprint density at radius 2 is 1.26 bits per heavy atom. The molecule has 7 heteroatoms. The van der Waals surface area contributed by atoms with E-state index in [1.807, 2.05) is 63.2 Å². The van der Waals surface area contributed by atoms with Crippen LogP contribution in [-0.4, -0.2) is 53.6 Å². The maximum atomic E-state index is 14.0. The normalized spacial score (nSPS) is 15.7. The first-order chi connectivity index (χ1) is 18.2. The molecule has 0 bridgehead atoms. The molecule has 3 aromatic carbocycles. The Bertz CT molecular complexity index is 1400. The maximum Gasteiger partial charge on any atom is 0.246 e. The molecule has 198 valence electrons. The van der Waals surface area contributed by atoms with Crippen LogP contribution in [0.4, 0.5) is 0 Å². The number of hydrogen-bond donors (Lipinski definition) is 0. The molecule has 1 aromatic heterocycles. The molecule has 1 fully saturated rings. The second kappa shape index (κ2) is 10.8. The first kappa shape index (κ1) is 26.4. The van der Waals surface area contributed by atoms with E-state index in [1.165, 1.54) is 11.1 Å². The minimum atomic E-state index is -3.70. The summed E-state index contributed by atoms with van der Waals surface area (Å²) in [4.78, 5) is 2.71. The molecular weight excluding hydrogens is 492 g/mol. The number of sulfonamides is 1. The Balaban J connectivity index is 1.39. The van der Waals surface area contributed by atoms with Crippen molar-refractivity contribution >= 4 is 10.0 Å². The van der Waals surface area contributed by atoms with Gasteiger partial charge in [0.25, 0.3) is 0 Å². The molecule has 1 saturated heterocycles. The molecule has 0 N–H and O–H groups in total. The van der Waals surface area contributed by atoms with E-state index in [1.54, 1.807) is 15.2 Å². The Labute approximate surface area is 226 Å². The van der Waals surface area contributed by atoms with Crippen molar-refractivity contribution in [2.24, 2.45) is 0 Å². The van der Waals surface area contributed by atoms with E-state index in [4.69, 9.17) is 5.10 Å². The summed E-state index contributed by atoms with van der Waals surface area (Å²) in [6, 6.07) is 31.0. The lowest BCUT2D eigenvalue weighted by Crippen LogP contribution is -2.50. The molecule has 2 heterocycles. The standard InChI is InChI=1S/C31H36N4O2S/c1-31(2,3)30-28(24-34(32-30)23-25-13-7-4-8-14-25)38(36,37)35-21-19-33(20-22-35)29(26-15-9-5-10-16-26)27-17-11-6-12-18-27/h4-18,24,29H,19-23H2,1-3H3. The summed E-state index contributed by atoms with van der Waals surface area (Å²) < 4.78 is 31.4. The average molecular weight is 529 g/mol. The third-order valence-electron chi connectivity index (χ3n) is 7.11. The molecule has 5 rings (SSSR count). The zero-order valence-electron chi connectivity index (χ0n) is 22.4. The van der Waals surface area contributed by atoms with Gasteiger partial charge >= 0.3 is 0 Å². The van der Waals surface area contributed by atoms with Crippen LogP contribution in [0.1, 0.15) is 49.2 Å². The molecule has 0 atom stereocenters. The number of benzene rings is 3. The number of hydrogen-bond acceptors (Lipinski definition) is 4. The van der Waals surface area contributed by atoms with Gasteiger partial charge in [-0.3, -0.25) is 9.58 Å². The van der Waals surface area contributed by atoms with Crippen molar-refractivity contribution in [1.29, 1.82) is 0 Å². The van der Waals surface area contributed by atoms with Crippen LogP contribution in [0.15, 0.2) is 102 Å². The smallest absolute Gasteiger partial charge is 0.246 e. The van der Waals surface area contributed by atoms with E-state index in [0.717, 1.165) is 5.56 Å². The molecule has 0 radical (unpaired) electrons. The summed E-state index contributed by atoms with van der Waals surface area (Å²) in [6.45, 7) is 8.75. The fourth-order valence-corrected chi connectivity index (χ4v) is 6.96. The summed E-state index contributed by atoms with van der Waals surface area (Å²) >= 11 is 0. The van der Waals surface area contributed by atoms with Crippen molar-refractivity contribution in [3.8, 4) is 0 Å². The van der Waals surface area contributed by atoms with E-state index in [0.29, 0.717) is 43.3 Å². The topological polar surface area (TPSA) is 58.4 Å². The van der Waals surface area contributed by atoms with Crippen molar-refractivity contribution < 1.29 is 8.42 Å². The summed E-state index contributed by atoms with van der Waals surface area (Å²) in [6.07, 6.45) is 1.71. The lowest BCUT2D eigenvalue weighted by atomic mass is 9.92. The number of nitrogens with zero attached hydrogens (tertiary/aromatic N) is 4. The summed E-state index contributed by atoms with van der Waals surface area (Å²) in [5.74, 6) is 0. The molecule has 0 aliphatic carbocycles. The highest BCUT2D eigenvalue weighted by Crippen LogP contribution is 2.33. The van der Waals surface area contributed by atoms with Gasteiger partial charge in [-0.15, -0.1) is 0 Å². The predicted molar refractivity (Wildman–Crippen MR) is 152 cm³/mol. The van der Waals surface area contributed by atoms with E-state index in [2.05, 4.69) is 53.4 Å². The Morgan fingerprint density at radius 3 is 1.76 bits per heavy atom. The first-order valence-electron chi connectivity index (χ1n) is 13.2. The zero-order valence-corrected chi connectivity index (χ0v) is 23.2. The Kier molecular flexibility index (Phi) is 7.52. The fraction of sp³-hybridized carbons (Fsp3) is 0.323. The lowest BCUT2D eigenvalue weighted by Gasteiger charge is -2.39. The van der Waals surface area contributed by atoms with Crippen molar-refractivity contribution in [2.45, 2.75) is 43.7 Å². The molecule has 0 unspecified atom stereocenters. The highest BCUT2D eigenvalue weighted by molar-refractivity contribution is 7.89. The third-order valence-corrected chi connectivity index (χ3v) is 9.01. The van der Waals surface area contributed by atoms with Crippen LogP contribution >= 0.6 is 0 Å². The lowest BCUT2D eigenvalue weighted by molar-refractivity contribution is 0.155. The molecule has 0 saturated carbocycles. The molecule has 38 heavy (non-hydrogen) atoms. The van der Waals surface area contributed by atoms with Gasteiger partial charge in [0.2, 0.25) is 10.0 Å². The van der Waals surface area contributed by atoms with Crippen LogP contribution in [-0.2, 0) is 22.0 Å². The van der Waals surface area contributed by atoms with Crippen LogP contribution in [0.3, 0.4) is 0 Å². The minimum absolute atomic E-state index is 0.0843. The summed E-state index contributed by atoms with van der Waals surface area (Å²) in [5.41, 5.74) is 3.72. The number of piperazine rings is 1. The second-order valence-electron chi connectivity index (χ2n) is 10.9. The molecule has 6 nitrogen and oxygen atoms in total. The molecule has 1 aliphatic rings. The summed E-state index contributed by atoms with van der Waals surface area (Å²) in [7, 11) is -3.70. The number of aromatic nitrogens is 2. The Hall–Kier alpha value is -3.26. The minimum Gasteiger partial charge on any atom is -0.290 e. The molecule has 1 aliphatic heterocycles. The van der Waals surface area contributed by atoms with E-state index < -0.39 is 15.4 Å². The molecule has 0 spiro atoms. The zero-order chi connectivity index (χ0) is 26.8. The first-order valence-corrected chi connectivity index (χ1v) is 14.6. The second-order valence-corrected chi connectivity index (χ2v) is 12.8. The van der Waals surface area contributed by atoms with Gasteiger partial charge in [0.15, 0.2) is 0 Å². The molecule has 0 amide bonds. The van der Waals surface area contributed by atoms with Gasteiger partial charge < -0.3 is 0 Å².